The van der Waals surface area contributed by atoms with Crippen LogP contribution in [-0.2, 0) is 0 Å². The molecule has 1 amide bonds. The number of piperazine rings is 1. The van der Waals surface area contributed by atoms with Crippen LogP contribution in [0.15, 0.2) is 48.5 Å². The predicted molar refractivity (Wildman–Crippen MR) is 116 cm³/mol. The minimum atomic E-state index is -0.0219. The molecule has 0 N–H and O–H groups in total. The van der Waals surface area contributed by atoms with E-state index in [0.29, 0.717) is 62.4 Å². The topological polar surface area (TPSA) is 85.6 Å². The Morgan fingerprint density at radius 1 is 0.935 bits per heavy atom. The quantitative estimate of drug-likeness (QED) is 0.578. The van der Waals surface area contributed by atoms with Crippen LogP contribution in [0.2, 0.25) is 0 Å². The summed E-state index contributed by atoms with van der Waals surface area (Å²) in [5, 5.41) is 12.2. The summed E-state index contributed by atoms with van der Waals surface area (Å²) < 4.78 is 13.0. The average molecular weight is 422 g/mol. The van der Waals surface area contributed by atoms with Crippen molar-refractivity contribution in [2.45, 2.75) is 13.8 Å². The van der Waals surface area contributed by atoms with E-state index >= 15 is 0 Å². The smallest absolute Gasteiger partial charge is 0.254 e. The first-order chi connectivity index (χ1) is 15.2. The van der Waals surface area contributed by atoms with Gasteiger partial charge in [-0.2, -0.15) is 4.68 Å². The van der Waals surface area contributed by atoms with Crippen LogP contribution >= 0.6 is 0 Å². The molecule has 1 fully saturated rings. The third kappa shape index (κ3) is 4.45. The van der Waals surface area contributed by atoms with Crippen molar-refractivity contribution in [3.05, 3.63) is 54.1 Å². The number of hydrogen-bond acceptors (Lipinski definition) is 7. The van der Waals surface area contributed by atoms with E-state index in [2.05, 4.69) is 20.4 Å². The van der Waals surface area contributed by atoms with Crippen LogP contribution < -0.4 is 14.4 Å². The van der Waals surface area contributed by atoms with Gasteiger partial charge in [0.05, 0.1) is 18.9 Å². The van der Waals surface area contributed by atoms with Crippen LogP contribution in [0.3, 0.4) is 0 Å². The molecule has 0 unspecified atom stereocenters. The fraction of sp³-hybridized carbons (Fsp3) is 0.364. The number of anilines is 1. The molecule has 31 heavy (non-hydrogen) atoms. The third-order valence-electron chi connectivity index (χ3n) is 5.09. The van der Waals surface area contributed by atoms with Crippen molar-refractivity contribution in [2.75, 3.05) is 44.3 Å². The van der Waals surface area contributed by atoms with E-state index in [1.54, 1.807) is 22.9 Å². The van der Waals surface area contributed by atoms with E-state index in [-0.39, 0.29) is 5.91 Å². The van der Waals surface area contributed by atoms with Gasteiger partial charge in [-0.3, -0.25) is 4.79 Å². The van der Waals surface area contributed by atoms with Gasteiger partial charge < -0.3 is 19.3 Å². The molecule has 0 bridgehead atoms. The van der Waals surface area contributed by atoms with E-state index in [1.807, 2.05) is 49.1 Å². The van der Waals surface area contributed by atoms with Gasteiger partial charge in [0.25, 0.3) is 5.91 Å². The van der Waals surface area contributed by atoms with Gasteiger partial charge in [0, 0.05) is 31.7 Å². The van der Waals surface area contributed by atoms with E-state index in [9.17, 15) is 4.79 Å². The first kappa shape index (κ1) is 20.6. The standard InChI is InChI=1S/C22H26N6O3/c1-3-30-19-11-10-17(16-20(19)31-4-2)21(29)26-12-14-27(15-13-26)22-23-24-25-28(22)18-8-6-5-7-9-18/h5-11,16H,3-4,12-15H2,1-2H3. The van der Waals surface area contributed by atoms with Crippen molar-refractivity contribution in [2.24, 2.45) is 0 Å². The highest BCUT2D eigenvalue weighted by Gasteiger charge is 2.26. The summed E-state index contributed by atoms with van der Waals surface area (Å²) in [5.41, 5.74) is 1.49. The summed E-state index contributed by atoms with van der Waals surface area (Å²) in [5.74, 6) is 1.90. The molecule has 0 saturated carbocycles. The zero-order valence-electron chi connectivity index (χ0n) is 17.8. The highest BCUT2D eigenvalue weighted by Crippen LogP contribution is 2.29. The molecule has 1 aromatic heterocycles. The highest BCUT2D eigenvalue weighted by atomic mass is 16.5. The van der Waals surface area contributed by atoms with Gasteiger partial charge in [0.1, 0.15) is 0 Å². The molecular weight excluding hydrogens is 396 g/mol. The molecule has 9 nitrogen and oxygen atoms in total. The Morgan fingerprint density at radius 3 is 2.35 bits per heavy atom. The van der Waals surface area contributed by atoms with Gasteiger partial charge in [-0.25, -0.2) is 0 Å². The fourth-order valence-electron chi connectivity index (χ4n) is 3.59. The Bertz CT molecular complexity index is 1020. The van der Waals surface area contributed by atoms with Crippen molar-refractivity contribution in [1.29, 1.82) is 0 Å². The number of para-hydroxylation sites is 1. The minimum Gasteiger partial charge on any atom is -0.490 e. The second-order valence-electron chi connectivity index (χ2n) is 7.03. The van der Waals surface area contributed by atoms with Gasteiger partial charge in [-0.1, -0.05) is 23.3 Å². The summed E-state index contributed by atoms with van der Waals surface area (Å²) in [6, 6.07) is 15.1. The van der Waals surface area contributed by atoms with Crippen molar-refractivity contribution in [3.63, 3.8) is 0 Å². The molecule has 162 valence electrons. The van der Waals surface area contributed by atoms with E-state index < -0.39 is 0 Å². The van der Waals surface area contributed by atoms with E-state index in [0.717, 1.165) is 5.69 Å². The zero-order valence-corrected chi connectivity index (χ0v) is 17.8. The van der Waals surface area contributed by atoms with E-state index in [4.69, 9.17) is 9.47 Å². The Hall–Kier alpha value is -3.62. The van der Waals surface area contributed by atoms with Crippen LogP contribution in [0.4, 0.5) is 5.95 Å². The van der Waals surface area contributed by atoms with Crippen LogP contribution in [0.25, 0.3) is 5.69 Å². The summed E-state index contributed by atoms with van der Waals surface area (Å²) in [6.07, 6.45) is 0. The molecule has 0 radical (unpaired) electrons. The predicted octanol–water partition coefficient (Wildman–Crippen LogP) is 2.42. The van der Waals surface area contributed by atoms with Crippen molar-refractivity contribution < 1.29 is 14.3 Å². The Balaban J connectivity index is 1.44. The van der Waals surface area contributed by atoms with Crippen LogP contribution in [-0.4, -0.2) is 70.4 Å². The number of tetrazole rings is 1. The van der Waals surface area contributed by atoms with E-state index in [1.165, 1.54) is 0 Å². The van der Waals surface area contributed by atoms with Crippen LogP contribution in [0.5, 0.6) is 11.5 Å². The number of hydrogen-bond donors (Lipinski definition) is 0. The SMILES string of the molecule is CCOc1ccc(C(=O)N2CCN(c3nnnn3-c3ccccc3)CC2)cc1OCC. The summed E-state index contributed by atoms with van der Waals surface area (Å²) in [6.45, 7) is 7.33. The van der Waals surface area contributed by atoms with Gasteiger partial charge in [0.2, 0.25) is 5.95 Å². The Kier molecular flexibility index (Phi) is 6.30. The molecule has 1 aliphatic heterocycles. The van der Waals surface area contributed by atoms with Crippen LogP contribution in [0.1, 0.15) is 24.2 Å². The maximum Gasteiger partial charge on any atom is 0.254 e. The number of carbonyl (C=O) groups excluding carboxylic acids is 1. The number of amides is 1. The molecule has 1 saturated heterocycles. The normalized spacial score (nSPS) is 13.9. The summed E-state index contributed by atoms with van der Waals surface area (Å²) in [7, 11) is 0. The molecule has 0 atom stereocenters. The number of carbonyl (C=O) groups is 1. The largest absolute Gasteiger partial charge is 0.490 e. The Morgan fingerprint density at radius 2 is 1.65 bits per heavy atom. The number of aromatic nitrogens is 4. The molecular formula is C22H26N6O3. The third-order valence-corrected chi connectivity index (χ3v) is 5.09. The molecule has 1 aliphatic rings. The fourth-order valence-corrected chi connectivity index (χ4v) is 3.59. The number of rotatable bonds is 7. The molecule has 2 aromatic carbocycles. The molecule has 9 heteroatoms. The lowest BCUT2D eigenvalue weighted by Gasteiger charge is -2.34. The maximum absolute atomic E-state index is 13.1. The monoisotopic (exact) mass is 422 g/mol. The lowest BCUT2D eigenvalue weighted by Crippen LogP contribution is -2.49. The van der Waals surface area contributed by atoms with Gasteiger partial charge in [-0.05, 0) is 54.6 Å². The van der Waals surface area contributed by atoms with Crippen LogP contribution in [0, 0.1) is 0 Å². The first-order valence-corrected chi connectivity index (χ1v) is 10.5. The minimum absolute atomic E-state index is 0.0219. The zero-order chi connectivity index (χ0) is 21.6. The van der Waals surface area contributed by atoms with Crippen molar-refractivity contribution in [1.82, 2.24) is 25.1 Å². The molecule has 0 spiro atoms. The lowest BCUT2D eigenvalue weighted by molar-refractivity contribution is 0.0745. The van der Waals surface area contributed by atoms with Gasteiger partial charge >= 0.3 is 0 Å². The molecule has 2 heterocycles. The number of benzene rings is 2. The maximum atomic E-state index is 13.1. The highest BCUT2D eigenvalue weighted by molar-refractivity contribution is 5.95. The molecule has 0 aliphatic carbocycles. The number of ether oxygens (including phenoxy) is 2. The lowest BCUT2D eigenvalue weighted by atomic mass is 10.1. The molecule has 3 aromatic rings. The Labute approximate surface area is 181 Å². The summed E-state index contributed by atoms with van der Waals surface area (Å²) >= 11 is 0. The van der Waals surface area contributed by atoms with Crippen molar-refractivity contribution in [3.8, 4) is 17.2 Å². The number of nitrogens with zero attached hydrogens (tertiary/aromatic N) is 6. The molecule has 4 rings (SSSR count). The van der Waals surface area contributed by atoms with Gasteiger partial charge in [0.15, 0.2) is 11.5 Å². The summed E-state index contributed by atoms with van der Waals surface area (Å²) in [4.78, 5) is 17.0. The van der Waals surface area contributed by atoms with Gasteiger partial charge in [-0.15, -0.1) is 0 Å². The second-order valence-corrected chi connectivity index (χ2v) is 7.03. The average Bonchev–Trinajstić information content (AvgIpc) is 3.31. The first-order valence-electron chi connectivity index (χ1n) is 10.5. The second kappa shape index (κ2) is 9.46. The van der Waals surface area contributed by atoms with Crippen molar-refractivity contribution >= 4 is 11.9 Å².